The van der Waals surface area contributed by atoms with Crippen molar-refractivity contribution in [2.45, 2.75) is 6.54 Å². The average Bonchev–Trinajstić information content (AvgIpc) is 2.66. The van der Waals surface area contributed by atoms with Gasteiger partial charge in [0.15, 0.2) is 11.5 Å². The first-order chi connectivity index (χ1) is 12.5. The number of carbonyl (C=O) groups excluding carboxylic acids is 1. The van der Waals surface area contributed by atoms with E-state index in [-0.39, 0.29) is 11.6 Å². The number of rotatable bonds is 9. The molecule has 0 atom stereocenters. The summed E-state index contributed by atoms with van der Waals surface area (Å²) in [6, 6.07) is 5.49. The van der Waals surface area contributed by atoms with Gasteiger partial charge < -0.3 is 25.0 Å². The molecule has 2 aromatic rings. The van der Waals surface area contributed by atoms with Crippen LogP contribution in [0.4, 0.5) is 5.82 Å². The number of methoxy groups -OCH3 is 2. The molecular weight excluding hydrogens is 334 g/mol. The zero-order valence-electron chi connectivity index (χ0n) is 15.6. The van der Waals surface area contributed by atoms with Gasteiger partial charge in [-0.05, 0) is 31.8 Å². The van der Waals surface area contributed by atoms with Crippen LogP contribution in [0.3, 0.4) is 0 Å². The van der Waals surface area contributed by atoms with Crippen LogP contribution in [-0.4, -0.2) is 62.2 Å². The topological polar surface area (TPSA) is 88.6 Å². The summed E-state index contributed by atoms with van der Waals surface area (Å²) in [6.45, 7) is 1.99. The summed E-state index contributed by atoms with van der Waals surface area (Å²) in [5.74, 6) is 1.62. The number of nitrogens with zero attached hydrogens (tertiary/aromatic N) is 3. The maximum atomic E-state index is 12.2. The van der Waals surface area contributed by atoms with E-state index in [0.717, 1.165) is 18.7 Å². The third-order valence-electron chi connectivity index (χ3n) is 3.65. The van der Waals surface area contributed by atoms with Crippen molar-refractivity contribution in [3.05, 3.63) is 41.9 Å². The minimum Gasteiger partial charge on any atom is -0.493 e. The second kappa shape index (κ2) is 9.57. The third-order valence-corrected chi connectivity index (χ3v) is 3.65. The van der Waals surface area contributed by atoms with Crippen molar-refractivity contribution in [2.75, 3.05) is 46.7 Å². The van der Waals surface area contributed by atoms with Crippen molar-refractivity contribution >= 4 is 11.7 Å². The number of carbonyl (C=O) groups is 1. The molecule has 1 aromatic carbocycles. The number of nitrogens with one attached hydrogen (secondary N) is 2. The number of likely N-dealkylation sites (N-methyl/N-ethyl adjacent to an activating group) is 1. The third kappa shape index (κ3) is 5.59. The van der Waals surface area contributed by atoms with E-state index in [4.69, 9.17) is 9.47 Å². The van der Waals surface area contributed by atoms with Gasteiger partial charge in [0.1, 0.15) is 11.5 Å². The number of hydrogen-bond acceptors (Lipinski definition) is 7. The minimum atomic E-state index is -0.285. The Morgan fingerprint density at radius 1 is 1.12 bits per heavy atom. The van der Waals surface area contributed by atoms with Gasteiger partial charge in [0.2, 0.25) is 0 Å². The fourth-order valence-corrected chi connectivity index (χ4v) is 2.21. The van der Waals surface area contributed by atoms with Crippen LogP contribution in [0.5, 0.6) is 11.5 Å². The Labute approximate surface area is 153 Å². The summed E-state index contributed by atoms with van der Waals surface area (Å²) >= 11 is 0. The maximum absolute atomic E-state index is 12.2. The van der Waals surface area contributed by atoms with Gasteiger partial charge in [-0.25, -0.2) is 9.97 Å². The highest BCUT2D eigenvalue weighted by molar-refractivity contribution is 5.91. The van der Waals surface area contributed by atoms with E-state index >= 15 is 0 Å². The van der Waals surface area contributed by atoms with Crippen LogP contribution in [0, 0.1) is 0 Å². The van der Waals surface area contributed by atoms with E-state index in [2.05, 4.69) is 25.5 Å². The predicted octanol–water partition coefficient (Wildman–Crippen LogP) is 1.40. The summed E-state index contributed by atoms with van der Waals surface area (Å²) in [5.41, 5.74) is 1.16. The van der Waals surface area contributed by atoms with E-state index in [0.29, 0.717) is 23.9 Å². The lowest BCUT2D eigenvalue weighted by Gasteiger charge is -2.11. The number of hydrogen-bond donors (Lipinski definition) is 2. The second-order valence-corrected chi connectivity index (χ2v) is 5.89. The fourth-order valence-electron chi connectivity index (χ4n) is 2.21. The van der Waals surface area contributed by atoms with E-state index < -0.39 is 0 Å². The Kier molecular flexibility index (Phi) is 7.16. The lowest BCUT2D eigenvalue weighted by molar-refractivity contribution is 0.0945. The monoisotopic (exact) mass is 359 g/mol. The molecule has 140 valence electrons. The molecule has 0 bridgehead atoms. The zero-order chi connectivity index (χ0) is 18.9. The molecule has 1 heterocycles. The molecule has 0 fully saturated rings. The summed E-state index contributed by atoms with van der Waals surface area (Å²) in [6.07, 6.45) is 3.02. The van der Waals surface area contributed by atoms with Crippen LogP contribution in [-0.2, 0) is 6.54 Å². The van der Waals surface area contributed by atoms with Crippen LogP contribution in [0.1, 0.15) is 16.1 Å². The summed E-state index contributed by atoms with van der Waals surface area (Å²) in [4.78, 5) is 22.6. The molecule has 2 rings (SSSR count). The van der Waals surface area contributed by atoms with Crippen molar-refractivity contribution in [2.24, 2.45) is 0 Å². The highest BCUT2D eigenvalue weighted by Gasteiger charge is 2.09. The van der Waals surface area contributed by atoms with Crippen LogP contribution in [0.15, 0.2) is 30.6 Å². The minimum absolute atomic E-state index is 0.267. The first-order valence-corrected chi connectivity index (χ1v) is 8.23. The number of amides is 1. The van der Waals surface area contributed by atoms with Gasteiger partial charge in [0.25, 0.3) is 5.91 Å². The molecule has 2 N–H and O–H groups in total. The Morgan fingerprint density at radius 2 is 1.88 bits per heavy atom. The van der Waals surface area contributed by atoms with Gasteiger partial charge in [-0.3, -0.25) is 4.79 Å². The van der Waals surface area contributed by atoms with Gasteiger partial charge in [0.05, 0.1) is 26.6 Å². The number of ether oxygens (including phenoxy) is 2. The standard InChI is InChI=1S/C18H25N5O3/c1-23(2)8-7-19-17-12-20-14(11-21-17)18(24)22-10-13-5-6-15(25-3)16(9-13)26-4/h5-6,9,11-12H,7-8,10H2,1-4H3,(H,19,21)(H,22,24). The normalized spacial score (nSPS) is 10.5. The van der Waals surface area contributed by atoms with E-state index in [9.17, 15) is 4.79 Å². The number of benzene rings is 1. The van der Waals surface area contributed by atoms with E-state index in [1.54, 1.807) is 26.5 Å². The van der Waals surface area contributed by atoms with Crippen LogP contribution < -0.4 is 20.1 Å². The first-order valence-electron chi connectivity index (χ1n) is 8.23. The summed E-state index contributed by atoms with van der Waals surface area (Å²) < 4.78 is 10.5. The molecule has 0 aliphatic carbocycles. The Hall–Kier alpha value is -2.87. The molecule has 0 saturated heterocycles. The maximum Gasteiger partial charge on any atom is 0.271 e. The van der Waals surface area contributed by atoms with Gasteiger partial charge >= 0.3 is 0 Å². The molecule has 0 unspecified atom stereocenters. The Morgan fingerprint density at radius 3 is 2.50 bits per heavy atom. The highest BCUT2D eigenvalue weighted by atomic mass is 16.5. The molecule has 0 saturated carbocycles. The molecule has 8 heteroatoms. The van der Waals surface area contributed by atoms with Crippen LogP contribution in [0.2, 0.25) is 0 Å². The molecule has 0 aliphatic rings. The predicted molar refractivity (Wildman–Crippen MR) is 99.8 cm³/mol. The molecule has 1 aromatic heterocycles. The van der Waals surface area contributed by atoms with Gasteiger partial charge in [-0.1, -0.05) is 6.07 Å². The van der Waals surface area contributed by atoms with Crippen molar-refractivity contribution in [1.82, 2.24) is 20.2 Å². The average molecular weight is 359 g/mol. The zero-order valence-corrected chi connectivity index (χ0v) is 15.6. The van der Waals surface area contributed by atoms with Gasteiger partial charge in [-0.2, -0.15) is 0 Å². The molecule has 0 spiro atoms. The highest BCUT2D eigenvalue weighted by Crippen LogP contribution is 2.27. The second-order valence-electron chi connectivity index (χ2n) is 5.89. The number of anilines is 1. The van der Waals surface area contributed by atoms with E-state index in [1.165, 1.54) is 6.20 Å². The molecule has 0 radical (unpaired) electrons. The molecule has 0 aliphatic heterocycles. The summed E-state index contributed by atoms with van der Waals surface area (Å²) in [7, 11) is 7.15. The SMILES string of the molecule is COc1ccc(CNC(=O)c2cnc(NCCN(C)C)cn2)cc1OC. The molecule has 8 nitrogen and oxygen atoms in total. The molecule has 1 amide bonds. The Balaban J connectivity index is 1.89. The first kappa shape index (κ1) is 19.5. The van der Waals surface area contributed by atoms with Gasteiger partial charge in [-0.15, -0.1) is 0 Å². The molecular formula is C18H25N5O3. The van der Waals surface area contributed by atoms with Crippen LogP contribution >= 0.6 is 0 Å². The number of aromatic nitrogens is 2. The van der Waals surface area contributed by atoms with Crippen molar-refractivity contribution in [1.29, 1.82) is 0 Å². The summed E-state index contributed by atoms with van der Waals surface area (Å²) in [5, 5.41) is 5.97. The van der Waals surface area contributed by atoms with Gasteiger partial charge in [0, 0.05) is 19.6 Å². The Bertz CT molecular complexity index is 719. The van der Waals surface area contributed by atoms with Crippen molar-refractivity contribution < 1.29 is 14.3 Å². The largest absolute Gasteiger partial charge is 0.493 e. The van der Waals surface area contributed by atoms with Crippen molar-refractivity contribution in [3.63, 3.8) is 0 Å². The van der Waals surface area contributed by atoms with E-state index in [1.807, 2.05) is 26.2 Å². The molecule has 26 heavy (non-hydrogen) atoms. The smallest absolute Gasteiger partial charge is 0.271 e. The fraction of sp³-hybridized carbons (Fsp3) is 0.389. The van der Waals surface area contributed by atoms with Crippen LogP contribution in [0.25, 0.3) is 0 Å². The van der Waals surface area contributed by atoms with Crippen molar-refractivity contribution in [3.8, 4) is 11.5 Å². The quantitative estimate of drug-likeness (QED) is 0.699. The lowest BCUT2D eigenvalue weighted by atomic mass is 10.2. The lowest BCUT2D eigenvalue weighted by Crippen LogP contribution is -2.24.